The van der Waals surface area contributed by atoms with E-state index < -0.39 is 0 Å². The number of carbonyl (C=O) groups excluding carboxylic acids is 1. The van der Waals surface area contributed by atoms with Gasteiger partial charge in [0, 0.05) is 19.7 Å². The third-order valence-electron chi connectivity index (χ3n) is 2.86. The number of hydrogen-bond donors (Lipinski definition) is 1. The van der Waals surface area contributed by atoms with E-state index in [9.17, 15) is 4.79 Å². The van der Waals surface area contributed by atoms with Gasteiger partial charge in [0.15, 0.2) is 0 Å². The van der Waals surface area contributed by atoms with E-state index in [1.54, 1.807) is 7.11 Å². The minimum atomic E-state index is -0.313. The second kappa shape index (κ2) is 6.15. The van der Waals surface area contributed by atoms with Crippen molar-refractivity contribution < 1.29 is 9.53 Å². The van der Waals surface area contributed by atoms with Crippen LogP contribution in [0.2, 0.25) is 0 Å². The summed E-state index contributed by atoms with van der Waals surface area (Å²) in [5.74, 6) is -0.248. The normalized spacial score (nSPS) is 16.9. The van der Waals surface area contributed by atoms with Crippen molar-refractivity contribution in [1.29, 1.82) is 0 Å². The van der Waals surface area contributed by atoms with Gasteiger partial charge in [0.2, 0.25) is 5.91 Å². The van der Waals surface area contributed by atoms with Crippen LogP contribution in [0.15, 0.2) is 0 Å². The molecule has 1 amide bonds. The van der Waals surface area contributed by atoms with E-state index in [2.05, 4.69) is 0 Å². The number of thiocarbonyl (C=S) groups is 1. The Bertz CT molecular complexity index is 267. The minimum Gasteiger partial charge on any atom is -0.393 e. The Labute approximate surface area is 102 Å². The monoisotopic (exact) mass is 244 g/mol. The van der Waals surface area contributed by atoms with E-state index in [0.29, 0.717) is 30.6 Å². The minimum absolute atomic E-state index is 0.0644. The number of hydrogen-bond acceptors (Lipinski definition) is 3. The molecule has 1 fully saturated rings. The summed E-state index contributed by atoms with van der Waals surface area (Å²) in [6.07, 6.45) is 2.84. The van der Waals surface area contributed by atoms with Crippen LogP contribution in [0.4, 0.5) is 0 Å². The Morgan fingerprint density at radius 2 is 2.25 bits per heavy atom. The molecule has 0 spiro atoms. The van der Waals surface area contributed by atoms with E-state index in [4.69, 9.17) is 22.7 Å². The zero-order chi connectivity index (χ0) is 12.1. The third kappa shape index (κ3) is 3.42. The highest BCUT2D eigenvalue weighted by Crippen LogP contribution is 2.28. The maximum Gasteiger partial charge on any atom is 0.232 e. The summed E-state index contributed by atoms with van der Waals surface area (Å²) < 4.78 is 5.02. The second-order valence-electron chi connectivity index (χ2n) is 4.12. The fourth-order valence-corrected chi connectivity index (χ4v) is 2.01. The maximum absolute atomic E-state index is 12.2. The molecule has 0 aromatic rings. The van der Waals surface area contributed by atoms with Gasteiger partial charge in [0.25, 0.3) is 0 Å². The van der Waals surface area contributed by atoms with Crippen molar-refractivity contribution >= 4 is 23.1 Å². The summed E-state index contributed by atoms with van der Waals surface area (Å²) in [5, 5.41) is 0. The van der Waals surface area contributed by atoms with Gasteiger partial charge in [-0.3, -0.25) is 4.79 Å². The van der Waals surface area contributed by atoms with Crippen molar-refractivity contribution in [2.75, 3.05) is 20.3 Å². The van der Waals surface area contributed by atoms with E-state index in [1.165, 1.54) is 0 Å². The van der Waals surface area contributed by atoms with Crippen molar-refractivity contribution in [1.82, 2.24) is 4.90 Å². The molecule has 2 N–H and O–H groups in total. The molecular formula is C11H20N2O2S. The van der Waals surface area contributed by atoms with Gasteiger partial charge < -0.3 is 15.4 Å². The zero-order valence-electron chi connectivity index (χ0n) is 9.94. The molecule has 0 aromatic carbocycles. The average Bonchev–Trinajstić information content (AvgIpc) is 3.03. The van der Waals surface area contributed by atoms with Crippen molar-refractivity contribution in [3.63, 3.8) is 0 Å². The van der Waals surface area contributed by atoms with Crippen LogP contribution >= 0.6 is 12.2 Å². The van der Waals surface area contributed by atoms with Crippen LogP contribution in [0.25, 0.3) is 0 Å². The number of nitrogens with zero attached hydrogens (tertiary/aromatic N) is 1. The molecule has 4 nitrogen and oxygen atoms in total. The summed E-state index contributed by atoms with van der Waals surface area (Å²) >= 11 is 4.93. The van der Waals surface area contributed by atoms with Crippen LogP contribution in [0.1, 0.15) is 26.2 Å². The molecule has 0 heterocycles. The Balaban J connectivity index is 2.61. The fraction of sp³-hybridized carbons (Fsp3) is 0.818. The van der Waals surface area contributed by atoms with Crippen molar-refractivity contribution in [2.45, 2.75) is 32.2 Å². The smallest absolute Gasteiger partial charge is 0.232 e. The Hall–Kier alpha value is -0.680. The quantitative estimate of drug-likeness (QED) is 0.677. The molecule has 1 atom stereocenters. The van der Waals surface area contributed by atoms with Crippen LogP contribution < -0.4 is 5.73 Å². The van der Waals surface area contributed by atoms with Gasteiger partial charge in [-0.05, 0) is 19.3 Å². The van der Waals surface area contributed by atoms with E-state index in [-0.39, 0.29) is 11.8 Å². The maximum atomic E-state index is 12.2. The first-order valence-electron chi connectivity index (χ1n) is 5.70. The molecule has 0 bridgehead atoms. The molecule has 16 heavy (non-hydrogen) atoms. The zero-order valence-corrected chi connectivity index (χ0v) is 10.8. The topological polar surface area (TPSA) is 55.6 Å². The standard InChI is InChI=1S/C11H20N2O2S/c1-3-9(10(12)16)11(14)13(6-7-15-2)8-4-5-8/h8-9H,3-7H2,1-2H3,(H2,12,16). The molecule has 0 aliphatic heterocycles. The van der Waals surface area contributed by atoms with E-state index in [0.717, 1.165) is 12.8 Å². The summed E-state index contributed by atoms with van der Waals surface area (Å²) in [5.41, 5.74) is 5.59. The lowest BCUT2D eigenvalue weighted by Gasteiger charge is -2.26. The Kier molecular flexibility index (Phi) is 5.15. The van der Waals surface area contributed by atoms with Crippen molar-refractivity contribution in [3.8, 4) is 0 Å². The molecule has 92 valence electrons. The number of rotatable bonds is 7. The molecule has 0 saturated heterocycles. The Morgan fingerprint density at radius 3 is 2.62 bits per heavy atom. The lowest BCUT2D eigenvalue weighted by Crippen LogP contribution is -2.43. The third-order valence-corrected chi connectivity index (χ3v) is 3.14. The molecule has 5 heteroatoms. The molecule has 1 unspecified atom stereocenters. The van der Waals surface area contributed by atoms with E-state index in [1.807, 2.05) is 11.8 Å². The first-order chi connectivity index (χ1) is 7.61. The largest absolute Gasteiger partial charge is 0.393 e. The first-order valence-corrected chi connectivity index (χ1v) is 6.11. The van der Waals surface area contributed by atoms with Gasteiger partial charge in [0.05, 0.1) is 17.5 Å². The van der Waals surface area contributed by atoms with Crippen LogP contribution in [0.3, 0.4) is 0 Å². The lowest BCUT2D eigenvalue weighted by molar-refractivity contribution is -0.134. The highest BCUT2D eigenvalue weighted by molar-refractivity contribution is 7.80. The lowest BCUT2D eigenvalue weighted by atomic mass is 10.1. The van der Waals surface area contributed by atoms with Crippen LogP contribution in [-0.2, 0) is 9.53 Å². The van der Waals surface area contributed by atoms with Crippen LogP contribution in [0, 0.1) is 5.92 Å². The number of methoxy groups -OCH3 is 1. The second-order valence-corrected chi connectivity index (χ2v) is 4.59. The van der Waals surface area contributed by atoms with E-state index >= 15 is 0 Å². The highest BCUT2D eigenvalue weighted by Gasteiger charge is 2.35. The molecule has 0 radical (unpaired) electrons. The van der Waals surface area contributed by atoms with Gasteiger partial charge in [0.1, 0.15) is 0 Å². The number of carbonyl (C=O) groups is 1. The first kappa shape index (κ1) is 13.4. The SMILES string of the molecule is CCC(C(=O)N(CCOC)C1CC1)C(N)=S. The predicted octanol–water partition coefficient (Wildman–Crippen LogP) is 0.936. The fourth-order valence-electron chi connectivity index (χ4n) is 1.75. The molecule has 1 saturated carbocycles. The van der Waals surface area contributed by atoms with Gasteiger partial charge in [-0.1, -0.05) is 19.1 Å². The molecule has 1 aliphatic rings. The molecule has 0 aromatic heterocycles. The summed E-state index contributed by atoms with van der Waals surface area (Å²) in [7, 11) is 1.64. The predicted molar refractivity (Wildman–Crippen MR) is 67.2 cm³/mol. The Morgan fingerprint density at radius 1 is 1.62 bits per heavy atom. The molecular weight excluding hydrogens is 224 g/mol. The van der Waals surface area contributed by atoms with Gasteiger partial charge in [-0.25, -0.2) is 0 Å². The highest BCUT2D eigenvalue weighted by atomic mass is 32.1. The van der Waals surface area contributed by atoms with Crippen LogP contribution in [-0.4, -0.2) is 42.1 Å². The molecule has 1 aliphatic carbocycles. The summed E-state index contributed by atoms with van der Waals surface area (Å²) in [6.45, 7) is 3.14. The summed E-state index contributed by atoms with van der Waals surface area (Å²) in [6, 6.07) is 0.381. The van der Waals surface area contributed by atoms with Crippen molar-refractivity contribution in [2.24, 2.45) is 11.7 Å². The average molecular weight is 244 g/mol. The van der Waals surface area contributed by atoms with Gasteiger partial charge in [-0.15, -0.1) is 0 Å². The number of ether oxygens (including phenoxy) is 1. The number of nitrogens with two attached hydrogens (primary N) is 1. The number of amides is 1. The van der Waals surface area contributed by atoms with Crippen LogP contribution in [0.5, 0.6) is 0 Å². The molecule has 1 rings (SSSR count). The van der Waals surface area contributed by atoms with Gasteiger partial charge in [-0.2, -0.15) is 0 Å². The van der Waals surface area contributed by atoms with Gasteiger partial charge >= 0.3 is 0 Å². The summed E-state index contributed by atoms with van der Waals surface area (Å²) in [4.78, 5) is 14.4. The van der Waals surface area contributed by atoms with Crippen molar-refractivity contribution in [3.05, 3.63) is 0 Å².